The molecule has 180 valence electrons. The first-order chi connectivity index (χ1) is 16.5. The number of hydrogen-bond acceptors (Lipinski definition) is 8. The van der Waals surface area contributed by atoms with E-state index in [0.29, 0.717) is 24.0 Å². The maximum absolute atomic E-state index is 14.1. The zero-order valence-corrected chi connectivity index (χ0v) is 21.2. The van der Waals surface area contributed by atoms with E-state index in [-0.39, 0.29) is 24.9 Å². The van der Waals surface area contributed by atoms with E-state index in [2.05, 4.69) is 12.2 Å². The van der Waals surface area contributed by atoms with Crippen LogP contribution in [0.5, 0.6) is 0 Å². The Morgan fingerprint density at radius 2 is 1.91 bits per heavy atom. The maximum atomic E-state index is 14.1. The summed E-state index contributed by atoms with van der Waals surface area (Å²) in [5.74, 6) is -3.05. The number of ketones is 1. The number of nitrogens with one attached hydrogen (secondary N) is 1. The average molecular weight is 500 g/mol. The highest BCUT2D eigenvalue weighted by molar-refractivity contribution is 7.10. The summed E-state index contributed by atoms with van der Waals surface area (Å²) in [4.78, 5) is 41.4. The van der Waals surface area contributed by atoms with Gasteiger partial charge in [0.25, 0.3) is 0 Å². The van der Waals surface area contributed by atoms with Crippen LogP contribution >= 0.6 is 22.7 Å². The number of Topliss-reactive ketones (excluding diaryl/α,β-unsaturated/α-hetero) is 1. The lowest BCUT2D eigenvalue weighted by molar-refractivity contribution is -0.152. The van der Waals surface area contributed by atoms with Crippen molar-refractivity contribution in [3.05, 3.63) is 67.3 Å². The van der Waals surface area contributed by atoms with Crippen molar-refractivity contribution >= 4 is 40.4 Å². The molecule has 0 saturated heterocycles. The van der Waals surface area contributed by atoms with Gasteiger partial charge in [-0.25, -0.2) is 4.79 Å². The fourth-order valence-corrected chi connectivity index (χ4v) is 6.44. The van der Waals surface area contributed by atoms with Gasteiger partial charge in [-0.2, -0.15) is 11.3 Å². The van der Waals surface area contributed by atoms with Crippen molar-refractivity contribution in [1.29, 1.82) is 0 Å². The van der Waals surface area contributed by atoms with Crippen molar-refractivity contribution in [3.63, 3.8) is 0 Å². The number of carbonyl (C=O) groups excluding carboxylic acids is 3. The van der Waals surface area contributed by atoms with Crippen LogP contribution in [0.25, 0.3) is 0 Å². The second kappa shape index (κ2) is 10.7. The number of dihydropyridines is 1. The third-order valence-electron chi connectivity index (χ3n) is 6.22. The number of esters is 2. The first-order valence-corrected chi connectivity index (χ1v) is 13.5. The second-order valence-corrected chi connectivity index (χ2v) is 10.0. The van der Waals surface area contributed by atoms with Gasteiger partial charge in [0.1, 0.15) is 5.92 Å². The summed E-state index contributed by atoms with van der Waals surface area (Å²) < 4.78 is 10.8. The molecule has 6 nitrogen and oxygen atoms in total. The predicted molar refractivity (Wildman–Crippen MR) is 133 cm³/mol. The summed E-state index contributed by atoms with van der Waals surface area (Å²) >= 11 is 3.05. The summed E-state index contributed by atoms with van der Waals surface area (Å²) in [6.45, 7) is 6.01. The molecule has 1 aliphatic carbocycles. The molecular weight excluding hydrogens is 470 g/mol. The van der Waals surface area contributed by atoms with Crippen LogP contribution in [0.4, 0.5) is 0 Å². The minimum atomic E-state index is -0.948. The van der Waals surface area contributed by atoms with E-state index in [9.17, 15) is 14.4 Å². The predicted octanol–water partition coefficient (Wildman–Crippen LogP) is 5.30. The van der Waals surface area contributed by atoms with Crippen molar-refractivity contribution in [2.75, 3.05) is 13.2 Å². The lowest BCUT2D eigenvalue weighted by Gasteiger charge is -2.39. The Labute approximate surface area is 207 Å². The molecule has 0 radical (unpaired) electrons. The molecular formula is C26H29NO5S2. The Kier molecular flexibility index (Phi) is 7.68. The van der Waals surface area contributed by atoms with Crippen LogP contribution in [0.2, 0.25) is 0 Å². The van der Waals surface area contributed by atoms with Gasteiger partial charge in [-0.3, -0.25) is 9.59 Å². The van der Waals surface area contributed by atoms with E-state index >= 15 is 0 Å². The molecule has 1 aliphatic heterocycles. The summed E-state index contributed by atoms with van der Waals surface area (Å²) in [7, 11) is 0. The van der Waals surface area contributed by atoms with Gasteiger partial charge in [0.05, 0.1) is 18.8 Å². The van der Waals surface area contributed by atoms with E-state index in [0.717, 1.165) is 28.3 Å². The monoisotopic (exact) mass is 499 g/mol. The highest BCUT2D eigenvalue weighted by Crippen LogP contribution is 2.49. The van der Waals surface area contributed by atoms with Crippen molar-refractivity contribution in [2.45, 2.75) is 51.9 Å². The first kappa shape index (κ1) is 24.4. The average Bonchev–Trinajstić information content (AvgIpc) is 3.53. The number of hydrogen-bond donors (Lipinski definition) is 1. The third-order valence-corrected chi connectivity index (χ3v) is 7.93. The molecule has 0 saturated carbocycles. The molecule has 2 aromatic heterocycles. The number of carbonyl (C=O) groups is 3. The Morgan fingerprint density at radius 1 is 1.12 bits per heavy atom. The van der Waals surface area contributed by atoms with Gasteiger partial charge in [-0.05, 0) is 60.5 Å². The topological polar surface area (TPSA) is 81.7 Å². The molecule has 1 N–H and O–H groups in total. The quantitative estimate of drug-likeness (QED) is 0.392. The normalized spacial score (nSPS) is 22.3. The van der Waals surface area contributed by atoms with Crippen molar-refractivity contribution in [2.24, 2.45) is 5.92 Å². The van der Waals surface area contributed by atoms with Crippen LogP contribution in [0.3, 0.4) is 0 Å². The summed E-state index contributed by atoms with van der Waals surface area (Å²) in [6, 6.07) is 5.83. The molecule has 3 heterocycles. The molecule has 0 fully saturated rings. The van der Waals surface area contributed by atoms with Gasteiger partial charge in [0.2, 0.25) is 0 Å². The number of allylic oxidation sites excluding steroid dienone is 3. The van der Waals surface area contributed by atoms with Crippen molar-refractivity contribution < 1.29 is 23.9 Å². The lowest BCUT2D eigenvalue weighted by Crippen LogP contribution is -2.43. The largest absolute Gasteiger partial charge is 0.465 e. The third kappa shape index (κ3) is 4.49. The van der Waals surface area contributed by atoms with E-state index in [1.807, 2.05) is 34.3 Å². The highest BCUT2D eigenvalue weighted by atomic mass is 32.1. The fraction of sp³-hybridized carbons (Fsp3) is 0.423. The highest BCUT2D eigenvalue weighted by Gasteiger charge is 2.49. The zero-order valence-electron chi connectivity index (χ0n) is 19.6. The lowest BCUT2D eigenvalue weighted by atomic mass is 9.68. The van der Waals surface area contributed by atoms with Gasteiger partial charge in [0.15, 0.2) is 5.78 Å². The summed E-state index contributed by atoms with van der Waals surface area (Å²) in [6.07, 6.45) is 1.98. The molecule has 0 spiro atoms. The molecule has 0 amide bonds. The molecule has 0 aromatic carbocycles. The molecule has 4 rings (SSSR count). The molecule has 2 aromatic rings. The number of thiophene rings is 2. The summed E-state index contributed by atoms with van der Waals surface area (Å²) in [5.41, 5.74) is 3.39. The van der Waals surface area contributed by atoms with Gasteiger partial charge < -0.3 is 14.8 Å². The van der Waals surface area contributed by atoms with Gasteiger partial charge in [-0.15, -0.1) is 11.3 Å². The SMILES string of the molecule is CCCC1=C(C(=O)OCC)[C@H](c2ccsc2)C2=C(C[C@@H](c3cccs3)[C@H](C(=O)OCC)C2=O)N1. The molecule has 3 atom stereocenters. The Hall–Kier alpha value is -2.71. The molecule has 2 aliphatic rings. The van der Waals surface area contributed by atoms with Crippen LogP contribution in [0, 0.1) is 5.92 Å². The molecule has 0 bridgehead atoms. The minimum Gasteiger partial charge on any atom is -0.465 e. The van der Waals surface area contributed by atoms with Crippen LogP contribution in [-0.4, -0.2) is 30.9 Å². The van der Waals surface area contributed by atoms with Gasteiger partial charge >= 0.3 is 11.9 Å². The van der Waals surface area contributed by atoms with E-state index in [1.165, 1.54) is 22.7 Å². The second-order valence-electron chi connectivity index (χ2n) is 8.29. The molecule has 8 heteroatoms. The maximum Gasteiger partial charge on any atom is 0.336 e. The van der Waals surface area contributed by atoms with Crippen LogP contribution in [-0.2, 0) is 23.9 Å². The van der Waals surface area contributed by atoms with Crippen molar-refractivity contribution in [3.8, 4) is 0 Å². The molecule has 0 unspecified atom stereocenters. The van der Waals surface area contributed by atoms with E-state index in [1.54, 1.807) is 13.8 Å². The standard InChI is InChI=1S/C26H29NO5S2/c1-4-8-17-23(26(30)32-6-3)20(15-10-12-33-14-15)22-18(27-17)13-16(19-9-7-11-34-19)21(24(22)28)25(29)31-5-2/h7,9-12,14,16,20-21,27H,4-6,8,13H2,1-3H3/t16-,20+,21-/m0/s1. The fourth-order valence-electron chi connectivity index (χ4n) is 4.89. The van der Waals surface area contributed by atoms with Crippen molar-refractivity contribution in [1.82, 2.24) is 5.32 Å². The van der Waals surface area contributed by atoms with E-state index in [4.69, 9.17) is 9.47 Å². The smallest absolute Gasteiger partial charge is 0.336 e. The van der Waals surface area contributed by atoms with E-state index < -0.39 is 23.8 Å². The zero-order chi connectivity index (χ0) is 24.2. The van der Waals surface area contributed by atoms with Crippen LogP contribution in [0.1, 0.15) is 62.3 Å². The Morgan fingerprint density at radius 3 is 2.53 bits per heavy atom. The molecule has 34 heavy (non-hydrogen) atoms. The first-order valence-electron chi connectivity index (χ1n) is 11.7. The van der Waals surface area contributed by atoms with Crippen LogP contribution < -0.4 is 5.32 Å². The Bertz CT molecular complexity index is 1110. The number of ether oxygens (including phenoxy) is 2. The minimum absolute atomic E-state index is 0.201. The summed E-state index contributed by atoms with van der Waals surface area (Å²) in [5, 5.41) is 9.29. The van der Waals surface area contributed by atoms with Crippen LogP contribution in [0.15, 0.2) is 56.9 Å². The van der Waals surface area contributed by atoms with Gasteiger partial charge in [-0.1, -0.05) is 19.4 Å². The Balaban J connectivity index is 1.88. The van der Waals surface area contributed by atoms with Gasteiger partial charge in [0, 0.05) is 33.7 Å². The number of rotatable bonds is 8.